The number of carbonyl (C=O) groups is 3. The zero-order chi connectivity index (χ0) is 22.0. The number of ether oxygens (including phenoxy) is 1. The number of amides is 4. The van der Waals surface area contributed by atoms with Gasteiger partial charge in [-0.3, -0.25) is 14.5 Å². The number of nitrogens with one attached hydrogen (secondary N) is 1. The fraction of sp³-hybridized carbons (Fsp3) is 0.292. The van der Waals surface area contributed by atoms with Crippen LogP contribution >= 0.6 is 0 Å². The van der Waals surface area contributed by atoms with Crippen molar-refractivity contribution >= 4 is 23.4 Å². The molecular formula is C24H25N3O4. The van der Waals surface area contributed by atoms with E-state index in [-0.39, 0.29) is 12.5 Å². The topological polar surface area (TPSA) is 79.0 Å². The molecule has 160 valence electrons. The van der Waals surface area contributed by atoms with E-state index >= 15 is 0 Å². The minimum absolute atomic E-state index is 0.248. The van der Waals surface area contributed by atoms with E-state index in [4.69, 9.17) is 4.74 Å². The van der Waals surface area contributed by atoms with Gasteiger partial charge in [0.25, 0.3) is 5.91 Å². The normalized spacial score (nSPS) is 21.0. The first-order chi connectivity index (χ1) is 14.9. The first-order valence-corrected chi connectivity index (χ1v) is 10.2. The number of urea groups is 1. The van der Waals surface area contributed by atoms with Crippen molar-refractivity contribution in [2.45, 2.75) is 18.9 Å². The lowest BCUT2D eigenvalue weighted by atomic mass is 9.92. The van der Waals surface area contributed by atoms with Crippen LogP contribution in [0.5, 0.6) is 5.75 Å². The molecule has 4 amide bonds. The third-order valence-electron chi connectivity index (χ3n) is 5.92. The van der Waals surface area contributed by atoms with Crippen LogP contribution in [0.25, 0.3) is 5.57 Å². The Morgan fingerprint density at radius 3 is 2.58 bits per heavy atom. The zero-order valence-corrected chi connectivity index (χ0v) is 17.6. The molecule has 2 aliphatic rings. The predicted molar refractivity (Wildman–Crippen MR) is 116 cm³/mol. The smallest absolute Gasteiger partial charge is 0.325 e. The summed E-state index contributed by atoms with van der Waals surface area (Å²) in [5, 5.41) is 2.73. The van der Waals surface area contributed by atoms with Crippen molar-refractivity contribution in [1.82, 2.24) is 15.1 Å². The number of hydrogen-bond donors (Lipinski definition) is 1. The van der Waals surface area contributed by atoms with Gasteiger partial charge in [-0.15, -0.1) is 0 Å². The van der Waals surface area contributed by atoms with E-state index in [1.807, 2.05) is 24.3 Å². The zero-order valence-electron chi connectivity index (χ0n) is 17.6. The quantitative estimate of drug-likeness (QED) is 0.756. The van der Waals surface area contributed by atoms with Crippen molar-refractivity contribution in [3.8, 4) is 5.75 Å². The van der Waals surface area contributed by atoms with E-state index in [1.54, 1.807) is 36.1 Å². The summed E-state index contributed by atoms with van der Waals surface area (Å²) in [6, 6.07) is 16.5. The second-order valence-electron chi connectivity index (χ2n) is 7.86. The highest BCUT2D eigenvalue weighted by Crippen LogP contribution is 2.31. The molecule has 31 heavy (non-hydrogen) atoms. The van der Waals surface area contributed by atoms with E-state index in [0.717, 1.165) is 16.9 Å². The van der Waals surface area contributed by atoms with Gasteiger partial charge in [0.2, 0.25) is 5.91 Å². The lowest BCUT2D eigenvalue weighted by molar-refractivity contribution is -0.138. The largest absolute Gasteiger partial charge is 0.497 e. The molecule has 4 rings (SSSR count). The third-order valence-corrected chi connectivity index (χ3v) is 5.92. The Hall–Kier alpha value is -3.61. The standard InChI is InChI=1S/C24H25N3O4/c1-24(19-9-6-10-20(15-19)31-2)22(29)27(23(30)25-24)16-21(28)26-13-11-18(12-14-26)17-7-4-3-5-8-17/h3-11,15H,12-14,16H2,1-2H3,(H,25,30)/t24-/m1/s1. The highest BCUT2D eigenvalue weighted by Gasteiger charge is 2.49. The fourth-order valence-corrected chi connectivity index (χ4v) is 4.02. The molecular weight excluding hydrogens is 394 g/mol. The van der Waals surface area contributed by atoms with Gasteiger partial charge < -0.3 is 15.0 Å². The molecule has 2 aliphatic heterocycles. The second kappa shape index (κ2) is 8.26. The number of benzene rings is 2. The van der Waals surface area contributed by atoms with Gasteiger partial charge >= 0.3 is 6.03 Å². The molecule has 0 bridgehead atoms. The minimum Gasteiger partial charge on any atom is -0.497 e. The SMILES string of the molecule is COc1cccc([C@@]2(C)NC(=O)N(CC(=O)N3CC=C(c4ccccc4)CC3)C2=O)c1. The molecule has 1 N–H and O–H groups in total. The van der Waals surface area contributed by atoms with Gasteiger partial charge in [0.15, 0.2) is 0 Å². The first kappa shape index (κ1) is 20.7. The van der Waals surface area contributed by atoms with Crippen LogP contribution in [0.15, 0.2) is 60.7 Å². The van der Waals surface area contributed by atoms with Crippen molar-refractivity contribution < 1.29 is 19.1 Å². The van der Waals surface area contributed by atoms with E-state index < -0.39 is 17.5 Å². The Morgan fingerprint density at radius 1 is 1.13 bits per heavy atom. The number of rotatable bonds is 5. The first-order valence-electron chi connectivity index (χ1n) is 10.2. The van der Waals surface area contributed by atoms with Crippen LogP contribution in [-0.4, -0.2) is 54.4 Å². The van der Waals surface area contributed by atoms with Gasteiger partial charge in [-0.1, -0.05) is 48.5 Å². The Labute approximate surface area is 181 Å². The number of carbonyl (C=O) groups excluding carboxylic acids is 3. The van der Waals surface area contributed by atoms with Crippen LogP contribution in [0, 0.1) is 0 Å². The van der Waals surface area contributed by atoms with Crippen molar-refractivity contribution in [2.24, 2.45) is 0 Å². The van der Waals surface area contributed by atoms with E-state index in [1.165, 1.54) is 12.7 Å². The van der Waals surface area contributed by atoms with Crippen molar-refractivity contribution in [1.29, 1.82) is 0 Å². The Morgan fingerprint density at radius 2 is 1.90 bits per heavy atom. The van der Waals surface area contributed by atoms with Crippen LogP contribution < -0.4 is 10.1 Å². The maximum Gasteiger partial charge on any atom is 0.325 e. The Kier molecular flexibility index (Phi) is 5.50. The summed E-state index contributed by atoms with van der Waals surface area (Å²) in [4.78, 5) is 41.2. The van der Waals surface area contributed by atoms with Gasteiger partial charge in [-0.25, -0.2) is 4.79 Å². The van der Waals surface area contributed by atoms with E-state index in [0.29, 0.717) is 24.4 Å². The van der Waals surface area contributed by atoms with Crippen LogP contribution in [-0.2, 0) is 15.1 Å². The molecule has 7 nitrogen and oxygen atoms in total. The predicted octanol–water partition coefficient (Wildman–Crippen LogP) is 2.78. The third kappa shape index (κ3) is 3.91. The summed E-state index contributed by atoms with van der Waals surface area (Å²) in [5.74, 6) is -0.108. The summed E-state index contributed by atoms with van der Waals surface area (Å²) < 4.78 is 5.23. The molecule has 0 radical (unpaired) electrons. The number of nitrogens with zero attached hydrogens (tertiary/aromatic N) is 2. The lowest BCUT2D eigenvalue weighted by Gasteiger charge is -2.28. The maximum atomic E-state index is 13.1. The summed E-state index contributed by atoms with van der Waals surface area (Å²) in [6.45, 7) is 2.37. The molecule has 0 aromatic heterocycles. The van der Waals surface area contributed by atoms with E-state index in [2.05, 4.69) is 17.4 Å². The van der Waals surface area contributed by atoms with E-state index in [9.17, 15) is 14.4 Å². The van der Waals surface area contributed by atoms with Crippen molar-refractivity contribution in [3.05, 3.63) is 71.8 Å². The fourth-order valence-electron chi connectivity index (χ4n) is 4.02. The Bertz CT molecular complexity index is 1050. The summed E-state index contributed by atoms with van der Waals surface area (Å²) in [5.41, 5.74) is 1.71. The molecule has 0 spiro atoms. The van der Waals surface area contributed by atoms with Gasteiger partial charge in [0.05, 0.1) is 7.11 Å². The molecule has 2 heterocycles. The van der Waals surface area contributed by atoms with Crippen LogP contribution in [0.4, 0.5) is 4.79 Å². The number of imide groups is 1. The molecule has 7 heteroatoms. The van der Waals surface area contributed by atoms with Gasteiger partial charge in [-0.05, 0) is 42.2 Å². The molecule has 1 fully saturated rings. The average Bonchev–Trinajstić information content (AvgIpc) is 3.03. The monoisotopic (exact) mass is 419 g/mol. The van der Waals surface area contributed by atoms with Crippen molar-refractivity contribution in [3.63, 3.8) is 0 Å². The van der Waals surface area contributed by atoms with Crippen molar-refractivity contribution in [2.75, 3.05) is 26.7 Å². The lowest BCUT2D eigenvalue weighted by Crippen LogP contribution is -2.45. The molecule has 1 saturated heterocycles. The van der Waals surface area contributed by atoms with Gasteiger partial charge in [-0.2, -0.15) is 0 Å². The average molecular weight is 419 g/mol. The summed E-state index contributed by atoms with van der Waals surface area (Å²) in [7, 11) is 1.54. The summed E-state index contributed by atoms with van der Waals surface area (Å²) >= 11 is 0. The maximum absolute atomic E-state index is 13.1. The van der Waals surface area contributed by atoms with Gasteiger partial charge in [0.1, 0.15) is 17.8 Å². The second-order valence-corrected chi connectivity index (χ2v) is 7.86. The number of hydrogen-bond acceptors (Lipinski definition) is 4. The highest BCUT2D eigenvalue weighted by atomic mass is 16.5. The Balaban J connectivity index is 1.45. The van der Waals surface area contributed by atoms with Crippen LogP contribution in [0.2, 0.25) is 0 Å². The molecule has 0 aliphatic carbocycles. The molecule has 2 aromatic rings. The molecule has 0 unspecified atom stereocenters. The van der Waals surface area contributed by atoms with Crippen LogP contribution in [0.1, 0.15) is 24.5 Å². The summed E-state index contributed by atoms with van der Waals surface area (Å²) in [6.07, 6.45) is 2.76. The minimum atomic E-state index is -1.24. The molecule has 0 saturated carbocycles. The van der Waals surface area contributed by atoms with Gasteiger partial charge in [0, 0.05) is 13.1 Å². The molecule has 1 atom stereocenters. The molecule has 2 aromatic carbocycles. The van der Waals surface area contributed by atoms with Crippen LogP contribution in [0.3, 0.4) is 0 Å². The number of methoxy groups -OCH3 is 1. The highest BCUT2D eigenvalue weighted by molar-refractivity contribution is 6.09.